The zero-order valence-electron chi connectivity index (χ0n) is 11.4. The smallest absolute Gasteiger partial charge is 0.119 e. The zero-order valence-corrected chi connectivity index (χ0v) is 11.4. The van der Waals surface area contributed by atoms with Gasteiger partial charge < -0.3 is 15.2 Å². The summed E-state index contributed by atoms with van der Waals surface area (Å²) in [7, 11) is 1.69. The van der Waals surface area contributed by atoms with Crippen LogP contribution in [0, 0.1) is 4.91 Å². The Hall–Kier alpha value is -1.46. The molecule has 19 heavy (non-hydrogen) atoms. The van der Waals surface area contributed by atoms with Crippen molar-refractivity contribution in [2.75, 3.05) is 26.9 Å². The Labute approximate surface area is 114 Å². The first-order chi connectivity index (χ1) is 9.31. The fourth-order valence-corrected chi connectivity index (χ4v) is 1.79. The number of hydrogen-bond donors (Lipinski definition) is 1. The monoisotopic (exact) mass is 266 g/mol. The van der Waals surface area contributed by atoms with Crippen LogP contribution >= 0.6 is 0 Å². The lowest BCUT2D eigenvalue weighted by atomic mass is 10.0. The second kappa shape index (κ2) is 9.47. The SMILES string of the molecule is COCCCCOc1cccc(C(CCN)N=O)c1. The van der Waals surface area contributed by atoms with Gasteiger partial charge in [-0.1, -0.05) is 17.3 Å². The molecule has 0 fully saturated rings. The van der Waals surface area contributed by atoms with E-state index in [2.05, 4.69) is 5.18 Å². The number of nitroso groups, excluding NO2 is 1. The number of unbranched alkanes of at least 4 members (excludes halogenated alkanes) is 1. The third-order valence-electron chi connectivity index (χ3n) is 2.82. The average molecular weight is 266 g/mol. The molecule has 0 aliphatic rings. The van der Waals surface area contributed by atoms with E-state index in [4.69, 9.17) is 15.2 Å². The molecule has 1 aromatic carbocycles. The summed E-state index contributed by atoms with van der Waals surface area (Å²) in [5.41, 5.74) is 6.32. The van der Waals surface area contributed by atoms with Gasteiger partial charge in [0.2, 0.25) is 0 Å². The highest BCUT2D eigenvalue weighted by molar-refractivity contribution is 5.30. The van der Waals surface area contributed by atoms with Gasteiger partial charge >= 0.3 is 0 Å². The molecule has 0 radical (unpaired) electrons. The Kier molecular flexibility index (Phi) is 7.77. The number of nitrogens with two attached hydrogens (primary N) is 1. The van der Waals surface area contributed by atoms with Gasteiger partial charge in [0.1, 0.15) is 11.8 Å². The molecule has 0 saturated heterocycles. The maximum atomic E-state index is 10.8. The van der Waals surface area contributed by atoms with Crippen molar-refractivity contribution in [2.45, 2.75) is 25.3 Å². The molecule has 1 atom stereocenters. The normalized spacial score (nSPS) is 12.1. The van der Waals surface area contributed by atoms with E-state index < -0.39 is 0 Å². The number of rotatable bonds is 10. The standard InChI is InChI=1S/C14H22N2O3/c1-18-9-2-3-10-19-13-6-4-5-12(11-13)14(16-17)7-8-15/h4-6,11,14H,2-3,7-10,15H2,1H3. The first-order valence-electron chi connectivity index (χ1n) is 6.56. The minimum absolute atomic E-state index is 0.387. The molecule has 0 spiro atoms. The van der Waals surface area contributed by atoms with Crippen LogP contribution in [0.4, 0.5) is 0 Å². The molecule has 2 N–H and O–H groups in total. The molecular weight excluding hydrogens is 244 g/mol. The van der Waals surface area contributed by atoms with Crippen LogP contribution in [-0.4, -0.2) is 26.9 Å². The minimum Gasteiger partial charge on any atom is -0.494 e. The van der Waals surface area contributed by atoms with Gasteiger partial charge in [-0.2, -0.15) is 4.91 Å². The number of methoxy groups -OCH3 is 1. The molecule has 1 rings (SSSR count). The van der Waals surface area contributed by atoms with Crippen LogP contribution in [0.15, 0.2) is 29.4 Å². The van der Waals surface area contributed by atoms with Gasteiger partial charge in [0.05, 0.1) is 6.61 Å². The topological polar surface area (TPSA) is 73.9 Å². The second-order valence-electron chi connectivity index (χ2n) is 4.32. The minimum atomic E-state index is -0.387. The number of nitrogens with zero attached hydrogens (tertiary/aromatic N) is 1. The lowest BCUT2D eigenvalue weighted by Crippen LogP contribution is -2.06. The summed E-state index contributed by atoms with van der Waals surface area (Å²) in [5, 5.41) is 3.11. The van der Waals surface area contributed by atoms with Crippen LogP contribution in [0.25, 0.3) is 0 Å². The van der Waals surface area contributed by atoms with Gasteiger partial charge in [-0.05, 0) is 43.5 Å². The van der Waals surface area contributed by atoms with Crippen molar-refractivity contribution in [2.24, 2.45) is 10.9 Å². The lowest BCUT2D eigenvalue weighted by Gasteiger charge is -2.11. The number of hydrogen-bond acceptors (Lipinski definition) is 5. The molecule has 5 nitrogen and oxygen atoms in total. The highest BCUT2D eigenvalue weighted by Gasteiger charge is 2.11. The predicted octanol–water partition coefficient (Wildman–Crippen LogP) is 2.65. The fraction of sp³-hybridized carbons (Fsp3) is 0.571. The van der Waals surface area contributed by atoms with Gasteiger partial charge in [0.25, 0.3) is 0 Å². The Bertz CT molecular complexity index is 371. The maximum absolute atomic E-state index is 10.8. The van der Waals surface area contributed by atoms with Gasteiger partial charge in [-0.15, -0.1) is 0 Å². The van der Waals surface area contributed by atoms with Crippen LogP contribution in [0.2, 0.25) is 0 Å². The Morgan fingerprint density at radius 2 is 2.11 bits per heavy atom. The molecule has 0 heterocycles. The second-order valence-corrected chi connectivity index (χ2v) is 4.32. The van der Waals surface area contributed by atoms with Gasteiger partial charge in [-0.3, -0.25) is 0 Å². The molecule has 5 heteroatoms. The molecule has 1 aromatic rings. The third kappa shape index (κ3) is 5.81. The fourth-order valence-electron chi connectivity index (χ4n) is 1.79. The van der Waals surface area contributed by atoms with Crippen molar-refractivity contribution in [3.63, 3.8) is 0 Å². The molecule has 0 bridgehead atoms. The van der Waals surface area contributed by atoms with E-state index in [1.807, 2.05) is 24.3 Å². The van der Waals surface area contributed by atoms with Gasteiger partial charge in [0.15, 0.2) is 0 Å². The van der Waals surface area contributed by atoms with Gasteiger partial charge in [0, 0.05) is 13.7 Å². The van der Waals surface area contributed by atoms with Crippen molar-refractivity contribution >= 4 is 0 Å². The number of ether oxygens (including phenoxy) is 2. The summed E-state index contributed by atoms with van der Waals surface area (Å²) in [6, 6.07) is 7.10. The Morgan fingerprint density at radius 1 is 1.32 bits per heavy atom. The van der Waals surface area contributed by atoms with E-state index in [-0.39, 0.29) is 6.04 Å². The Balaban J connectivity index is 2.49. The summed E-state index contributed by atoms with van der Waals surface area (Å²) in [4.78, 5) is 10.8. The van der Waals surface area contributed by atoms with Crippen LogP contribution in [0.5, 0.6) is 5.75 Å². The Morgan fingerprint density at radius 3 is 2.79 bits per heavy atom. The maximum Gasteiger partial charge on any atom is 0.119 e. The first-order valence-corrected chi connectivity index (χ1v) is 6.56. The summed E-state index contributed by atoms with van der Waals surface area (Å²) in [6.45, 7) is 1.83. The zero-order chi connectivity index (χ0) is 13.9. The van der Waals surface area contributed by atoms with Crippen molar-refractivity contribution in [3.05, 3.63) is 34.7 Å². The van der Waals surface area contributed by atoms with E-state index in [0.717, 1.165) is 30.8 Å². The van der Waals surface area contributed by atoms with E-state index in [1.165, 1.54) is 0 Å². The van der Waals surface area contributed by atoms with Gasteiger partial charge in [-0.25, -0.2) is 0 Å². The highest BCUT2D eigenvalue weighted by atomic mass is 16.5. The van der Waals surface area contributed by atoms with Crippen LogP contribution in [-0.2, 0) is 4.74 Å². The largest absolute Gasteiger partial charge is 0.494 e. The molecule has 106 valence electrons. The van der Waals surface area contributed by atoms with Crippen LogP contribution < -0.4 is 10.5 Å². The predicted molar refractivity (Wildman–Crippen MR) is 75.3 cm³/mol. The molecule has 0 aliphatic heterocycles. The highest BCUT2D eigenvalue weighted by Crippen LogP contribution is 2.24. The van der Waals surface area contributed by atoms with Crippen molar-refractivity contribution in [3.8, 4) is 5.75 Å². The van der Waals surface area contributed by atoms with Crippen LogP contribution in [0.1, 0.15) is 30.9 Å². The summed E-state index contributed by atoms with van der Waals surface area (Å²) < 4.78 is 10.6. The molecule has 1 unspecified atom stereocenters. The van der Waals surface area contributed by atoms with E-state index in [0.29, 0.717) is 19.6 Å². The summed E-state index contributed by atoms with van der Waals surface area (Å²) >= 11 is 0. The van der Waals surface area contributed by atoms with Crippen molar-refractivity contribution in [1.82, 2.24) is 0 Å². The molecular formula is C14H22N2O3. The first kappa shape index (κ1) is 15.6. The van der Waals surface area contributed by atoms with E-state index >= 15 is 0 Å². The number of benzene rings is 1. The molecule has 0 aromatic heterocycles. The van der Waals surface area contributed by atoms with E-state index in [1.54, 1.807) is 7.11 Å². The molecule has 0 aliphatic carbocycles. The van der Waals surface area contributed by atoms with Crippen molar-refractivity contribution in [1.29, 1.82) is 0 Å². The molecule has 0 saturated carbocycles. The third-order valence-corrected chi connectivity index (χ3v) is 2.82. The van der Waals surface area contributed by atoms with Crippen molar-refractivity contribution < 1.29 is 9.47 Å². The molecule has 0 amide bonds. The quantitative estimate of drug-likeness (QED) is 0.522. The summed E-state index contributed by atoms with van der Waals surface area (Å²) in [6.07, 6.45) is 2.47. The lowest BCUT2D eigenvalue weighted by molar-refractivity contribution is 0.184. The van der Waals surface area contributed by atoms with Crippen LogP contribution in [0.3, 0.4) is 0 Å². The average Bonchev–Trinajstić information content (AvgIpc) is 2.45. The van der Waals surface area contributed by atoms with E-state index in [9.17, 15) is 4.91 Å². The summed E-state index contributed by atoms with van der Waals surface area (Å²) in [5.74, 6) is 0.764.